The monoisotopic (exact) mass is 440 g/mol. The Morgan fingerprint density at radius 2 is 1.93 bits per heavy atom. The van der Waals surface area contributed by atoms with Crippen molar-refractivity contribution in [3.63, 3.8) is 0 Å². The van der Waals surface area contributed by atoms with E-state index in [0.717, 1.165) is 46.5 Å². The van der Waals surface area contributed by atoms with Crippen LogP contribution in [0, 0.1) is 13.8 Å². The number of urea groups is 1. The molecule has 9 heteroatoms. The zero-order chi connectivity index (χ0) is 20.9. The molecule has 7 nitrogen and oxygen atoms in total. The van der Waals surface area contributed by atoms with Gasteiger partial charge in [0.2, 0.25) is 0 Å². The summed E-state index contributed by atoms with van der Waals surface area (Å²) < 4.78 is 0. The highest BCUT2D eigenvalue weighted by molar-refractivity contribution is 7.99. The summed E-state index contributed by atoms with van der Waals surface area (Å²) in [5.74, 6) is 0. The Morgan fingerprint density at radius 1 is 1.17 bits per heavy atom. The number of thiazole rings is 1. The first-order valence-corrected chi connectivity index (χ1v) is 11.5. The van der Waals surface area contributed by atoms with Gasteiger partial charge in [-0.15, -0.1) is 11.3 Å². The number of nitrogens with zero attached hydrogens (tertiary/aromatic N) is 5. The number of amides is 2. The van der Waals surface area contributed by atoms with Gasteiger partial charge in [-0.25, -0.2) is 19.7 Å². The quantitative estimate of drug-likeness (QED) is 0.604. The Bertz CT molecular complexity index is 1000. The molecular weight excluding hydrogens is 416 g/mol. The molecule has 1 N–H and O–H groups in total. The maximum atomic E-state index is 12.7. The van der Waals surface area contributed by atoms with Gasteiger partial charge in [0.1, 0.15) is 0 Å². The number of nitrogens with one attached hydrogen (secondary N) is 1. The number of aromatic nitrogens is 3. The van der Waals surface area contributed by atoms with Gasteiger partial charge in [0.15, 0.2) is 5.16 Å². The van der Waals surface area contributed by atoms with Crippen molar-refractivity contribution in [2.45, 2.75) is 30.4 Å². The molecule has 1 aliphatic rings. The Hall–Kier alpha value is -2.49. The lowest BCUT2D eigenvalue weighted by Crippen LogP contribution is -2.49. The normalized spacial score (nSPS) is 14.7. The summed E-state index contributed by atoms with van der Waals surface area (Å²) in [6.45, 7) is 8.02. The number of aryl methyl sites for hydroxylation is 2. The van der Waals surface area contributed by atoms with Gasteiger partial charge < -0.3 is 10.2 Å². The molecule has 0 bridgehead atoms. The summed E-state index contributed by atoms with van der Waals surface area (Å²) in [6.07, 6.45) is 3.46. The van der Waals surface area contributed by atoms with Crippen LogP contribution in [0.5, 0.6) is 0 Å². The predicted octanol–water partition coefficient (Wildman–Crippen LogP) is 4.05. The molecule has 0 spiro atoms. The largest absolute Gasteiger partial charge is 0.322 e. The van der Waals surface area contributed by atoms with Crippen molar-refractivity contribution in [1.29, 1.82) is 0 Å². The van der Waals surface area contributed by atoms with Gasteiger partial charge in [-0.1, -0.05) is 0 Å². The van der Waals surface area contributed by atoms with Crippen LogP contribution in [0.15, 0.2) is 52.1 Å². The lowest BCUT2D eigenvalue weighted by molar-refractivity contribution is 0.142. The molecule has 0 aliphatic carbocycles. The van der Waals surface area contributed by atoms with Gasteiger partial charge in [0.05, 0.1) is 10.7 Å². The summed E-state index contributed by atoms with van der Waals surface area (Å²) in [5.41, 5.74) is 2.96. The Morgan fingerprint density at radius 3 is 2.60 bits per heavy atom. The second-order valence-corrected chi connectivity index (χ2v) is 9.26. The predicted molar refractivity (Wildman–Crippen MR) is 120 cm³/mol. The zero-order valence-corrected chi connectivity index (χ0v) is 18.7. The first kappa shape index (κ1) is 20.8. The van der Waals surface area contributed by atoms with Crippen molar-refractivity contribution in [3.8, 4) is 0 Å². The van der Waals surface area contributed by atoms with E-state index in [1.807, 2.05) is 36.9 Å². The molecule has 0 unspecified atom stereocenters. The minimum atomic E-state index is -0.0472. The van der Waals surface area contributed by atoms with Crippen molar-refractivity contribution in [2.75, 3.05) is 31.5 Å². The first-order chi connectivity index (χ1) is 14.6. The Labute approximate surface area is 184 Å². The Balaban J connectivity index is 1.29. The van der Waals surface area contributed by atoms with E-state index in [2.05, 4.69) is 30.5 Å². The fraction of sp³-hybridized carbons (Fsp3) is 0.333. The molecule has 4 rings (SSSR count). The standard InChI is InChI=1S/C21H24N6OS2/c1-15-12-18(30-20-22-6-3-7-23-20)4-5-19(15)25-21(28)27-10-8-26(9-11-27)13-17-14-29-16(2)24-17/h3-7,12,14H,8-11,13H2,1-2H3,(H,25,28). The highest BCUT2D eigenvalue weighted by atomic mass is 32.2. The van der Waals surface area contributed by atoms with Crippen LogP contribution in [0.1, 0.15) is 16.3 Å². The molecule has 1 aliphatic heterocycles. The molecule has 2 amide bonds. The van der Waals surface area contributed by atoms with Crippen LogP contribution in [-0.4, -0.2) is 57.0 Å². The summed E-state index contributed by atoms with van der Waals surface area (Å²) in [4.78, 5) is 31.0. The molecule has 1 saturated heterocycles. The highest BCUT2D eigenvalue weighted by Crippen LogP contribution is 2.28. The van der Waals surface area contributed by atoms with Crippen LogP contribution in [0.2, 0.25) is 0 Å². The minimum absolute atomic E-state index is 0.0472. The van der Waals surface area contributed by atoms with E-state index in [1.165, 1.54) is 11.8 Å². The lowest BCUT2D eigenvalue weighted by Gasteiger charge is -2.34. The third-order valence-corrected chi connectivity index (χ3v) is 6.61. The topological polar surface area (TPSA) is 74.2 Å². The smallest absolute Gasteiger partial charge is 0.321 e. The van der Waals surface area contributed by atoms with Gasteiger partial charge in [-0.3, -0.25) is 4.90 Å². The number of piperazine rings is 1. The second-order valence-electron chi connectivity index (χ2n) is 7.16. The van der Waals surface area contributed by atoms with Crippen molar-refractivity contribution >= 4 is 34.8 Å². The van der Waals surface area contributed by atoms with E-state index in [0.29, 0.717) is 18.2 Å². The average molecular weight is 441 g/mol. The minimum Gasteiger partial charge on any atom is -0.322 e. The fourth-order valence-corrected chi connectivity index (χ4v) is 4.71. The molecule has 156 valence electrons. The summed E-state index contributed by atoms with van der Waals surface area (Å²) in [7, 11) is 0. The lowest BCUT2D eigenvalue weighted by atomic mass is 10.2. The number of carbonyl (C=O) groups is 1. The zero-order valence-electron chi connectivity index (χ0n) is 17.0. The van der Waals surface area contributed by atoms with Gasteiger partial charge in [0.25, 0.3) is 0 Å². The molecule has 0 saturated carbocycles. The number of carbonyl (C=O) groups excluding carboxylic acids is 1. The SMILES string of the molecule is Cc1nc(CN2CCN(C(=O)Nc3ccc(Sc4ncccn4)cc3C)CC2)cs1. The van der Waals surface area contributed by atoms with Gasteiger partial charge >= 0.3 is 6.03 Å². The van der Waals surface area contributed by atoms with Crippen LogP contribution in [0.4, 0.5) is 10.5 Å². The van der Waals surface area contributed by atoms with Crippen LogP contribution >= 0.6 is 23.1 Å². The Kier molecular flexibility index (Phi) is 6.61. The third kappa shape index (κ3) is 5.35. The molecule has 3 heterocycles. The van der Waals surface area contributed by atoms with E-state index in [4.69, 9.17) is 0 Å². The molecule has 3 aromatic rings. The van der Waals surface area contributed by atoms with Gasteiger partial charge in [-0.05, 0) is 55.4 Å². The maximum absolute atomic E-state index is 12.7. The molecule has 1 fully saturated rings. The van der Waals surface area contributed by atoms with E-state index >= 15 is 0 Å². The van der Waals surface area contributed by atoms with Crippen LogP contribution in [0.25, 0.3) is 0 Å². The van der Waals surface area contributed by atoms with E-state index < -0.39 is 0 Å². The van der Waals surface area contributed by atoms with Gasteiger partial charge in [0, 0.05) is 61.1 Å². The van der Waals surface area contributed by atoms with Crippen LogP contribution < -0.4 is 5.32 Å². The van der Waals surface area contributed by atoms with E-state index in [-0.39, 0.29) is 6.03 Å². The van der Waals surface area contributed by atoms with Gasteiger partial charge in [-0.2, -0.15) is 0 Å². The van der Waals surface area contributed by atoms with Crippen molar-refractivity contribution in [3.05, 3.63) is 58.3 Å². The van der Waals surface area contributed by atoms with Crippen LogP contribution in [-0.2, 0) is 6.54 Å². The molecule has 30 heavy (non-hydrogen) atoms. The number of hydrogen-bond acceptors (Lipinski definition) is 7. The first-order valence-electron chi connectivity index (χ1n) is 9.81. The number of anilines is 1. The third-order valence-electron chi connectivity index (χ3n) is 4.90. The maximum Gasteiger partial charge on any atom is 0.321 e. The van der Waals surface area contributed by atoms with Crippen molar-refractivity contribution < 1.29 is 4.79 Å². The number of rotatable bonds is 5. The molecule has 0 atom stereocenters. The number of benzene rings is 1. The second kappa shape index (κ2) is 9.55. The highest BCUT2D eigenvalue weighted by Gasteiger charge is 2.22. The average Bonchev–Trinajstić information content (AvgIpc) is 3.16. The summed E-state index contributed by atoms with van der Waals surface area (Å²) >= 11 is 3.19. The van der Waals surface area contributed by atoms with E-state index in [1.54, 1.807) is 29.8 Å². The van der Waals surface area contributed by atoms with Crippen LogP contribution in [0.3, 0.4) is 0 Å². The molecule has 0 radical (unpaired) electrons. The van der Waals surface area contributed by atoms with Crippen molar-refractivity contribution in [1.82, 2.24) is 24.8 Å². The fourth-order valence-electron chi connectivity index (χ4n) is 3.30. The van der Waals surface area contributed by atoms with E-state index in [9.17, 15) is 4.79 Å². The summed E-state index contributed by atoms with van der Waals surface area (Å²) in [6, 6.07) is 7.73. The molecule has 1 aromatic carbocycles. The number of hydrogen-bond donors (Lipinski definition) is 1. The molecular formula is C21H24N6OS2. The molecule has 2 aromatic heterocycles. The van der Waals surface area contributed by atoms with Crippen molar-refractivity contribution in [2.24, 2.45) is 0 Å². The summed E-state index contributed by atoms with van der Waals surface area (Å²) in [5, 5.41) is 6.97.